The van der Waals surface area contributed by atoms with Gasteiger partial charge in [-0.2, -0.15) is 11.8 Å². The minimum atomic E-state index is 0.134. The summed E-state index contributed by atoms with van der Waals surface area (Å²) >= 11 is 1.87. The first kappa shape index (κ1) is 18.6. The molecule has 1 aliphatic heterocycles. The van der Waals surface area contributed by atoms with Crippen LogP contribution in [0.25, 0.3) is 10.9 Å². The van der Waals surface area contributed by atoms with E-state index in [0.717, 1.165) is 30.7 Å². The maximum absolute atomic E-state index is 12.7. The third-order valence-electron chi connectivity index (χ3n) is 6.27. The predicted molar refractivity (Wildman–Crippen MR) is 112 cm³/mol. The average Bonchev–Trinajstić information content (AvgIpc) is 3.07. The lowest BCUT2D eigenvalue weighted by molar-refractivity contribution is -0.136. The van der Waals surface area contributed by atoms with E-state index in [1.807, 2.05) is 36.4 Å². The minimum Gasteiger partial charge on any atom is -0.338 e. The van der Waals surface area contributed by atoms with Gasteiger partial charge in [0.2, 0.25) is 11.8 Å². The van der Waals surface area contributed by atoms with E-state index in [-0.39, 0.29) is 17.9 Å². The number of aromatic nitrogens is 1. The Morgan fingerprint density at radius 1 is 1.19 bits per heavy atom. The Kier molecular flexibility index (Phi) is 5.06. The van der Waals surface area contributed by atoms with Gasteiger partial charge in [0.05, 0.1) is 5.52 Å². The van der Waals surface area contributed by atoms with Gasteiger partial charge < -0.3 is 4.90 Å². The quantitative estimate of drug-likeness (QED) is 0.788. The van der Waals surface area contributed by atoms with Gasteiger partial charge in [-0.1, -0.05) is 26.0 Å². The summed E-state index contributed by atoms with van der Waals surface area (Å²) in [6.07, 6.45) is 7.22. The molecule has 0 N–H and O–H groups in total. The molecule has 1 aromatic carbocycles. The Labute approximate surface area is 165 Å². The summed E-state index contributed by atoms with van der Waals surface area (Å²) in [6.45, 7) is 4.74. The Morgan fingerprint density at radius 2 is 1.96 bits per heavy atom. The maximum Gasteiger partial charge on any atom is 0.230 e. The van der Waals surface area contributed by atoms with Gasteiger partial charge in [-0.15, -0.1) is 0 Å². The van der Waals surface area contributed by atoms with E-state index < -0.39 is 0 Å². The first-order chi connectivity index (χ1) is 13.1. The number of piperidine rings is 1. The van der Waals surface area contributed by atoms with Gasteiger partial charge in [0, 0.05) is 42.9 Å². The first-order valence-electron chi connectivity index (χ1n) is 10.0. The predicted octanol–water partition coefficient (Wildman–Crippen LogP) is 4.32. The number of hydrogen-bond acceptors (Lipinski definition) is 3. The molecule has 1 unspecified atom stereocenters. The Balaban J connectivity index is 1.83. The molecule has 1 fully saturated rings. The summed E-state index contributed by atoms with van der Waals surface area (Å²) in [6, 6.07) is 6.58. The van der Waals surface area contributed by atoms with Crippen LogP contribution in [0.15, 0.2) is 24.4 Å². The lowest BCUT2D eigenvalue weighted by atomic mass is 9.72. The average molecular weight is 385 g/mol. The molecule has 1 saturated heterocycles. The number of hydrogen-bond donors (Lipinski definition) is 0. The molecule has 0 spiro atoms. The van der Waals surface area contributed by atoms with Crippen LogP contribution in [0.2, 0.25) is 0 Å². The number of likely N-dealkylation sites (tertiary alicyclic amines) is 1. The van der Waals surface area contributed by atoms with Crippen LogP contribution in [0.4, 0.5) is 0 Å². The zero-order chi connectivity index (χ0) is 19.1. The highest BCUT2D eigenvalue weighted by atomic mass is 32.2. The van der Waals surface area contributed by atoms with Crippen molar-refractivity contribution >= 4 is 34.5 Å². The van der Waals surface area contributed by atoms with E-state index in [9.17, 15) is 9.59 Å². The molecular formula is C22H28N2O2S. The van der Waals surface area contributed by atoms with Gasteiger partial charge in [-0.3, -0.25) is 14.2 Å². The summed E-state index contributed by atoms with van der Waals surface area (Å²) in [5.74, 6) is 2.39. The van der Waals surface area contributed by atoms with E-state index >= 15 is 0 Å². The topological polar surface area (TPSA) is 42.3 Å². The van der Waals surface area contributed by atoms with Crippen LogP contribution in [0.3, 0.4) is 0 Å². The second-order valence-corrected chi connectivity index (χ2v) is 8.76. The van der Waals surface area contributed by atoms with Crippen molar-refractivity contribution in [1.82, 2.24) is 9.47 Å². The van der Waals surface area contributed by atoms with Crippen molar-refractivity contribution in [2.45, 2.75) is 51.5 Å². The van der Waals surface area contributed by atoms with Gasteiger partial charge in [0.25, 0.3) is 0 Å². The lowest BCUT2D eigenvalue weighted by Gasteiger charge is -2.47. The fraction of sp³-hybridized carbons (Fsp3) is 0.545. The standard InChI is InChI=1S/C22H28N2O2S/c1-4-20(25)23-11-14(13-27-3)9-17-16-7-6-8-18-22(16)15(10-19(17)23)12-24(18)21(26)5-2/h6-8,12,14,17,19H,4-5,9-11,13H2,1-3H3/t14-,17?,19-/m1/s1. The minimum absolute atomic E-state index is 0.134. The van der Waals surface area contributed by atoms with Crippen molar-refractivity contribution in [3.8, 4) is 0 Å². The molecule has 4 rings (SSSR count). The summed E-state index contributed by atoms with van der Waals surface area (Å²) < 4.78 is 1.83. The van der Waals surface area contributed by atoms with E-state index in [2.05, 4.69) is 29.4 Å². The van der Waals surface area contributed by atoms with Crippen LogP contribution in [-0.4, -0.2) is 45.9 Å². The number of fused-ring (bicyclic) bond motifs is 2. The number of nitrogens with zero attached hydrogens (tertiary/aromatic N) is 2. The van der Waals surface area contributed by atoms with Crippen LogP contribution < -0.4 is 0 Å². The Hall–Kier alpha value is -1.75. The first-order valence-corrected chi connectivity index (χ1v) is 11.4. The van der Waals surface area contributed by atoms with Crippen molar-refractivity contribution in [3.63, 3.8) is 0 Å². The zero-order valence-corrected chi connectivity index (χ0v) is 17.2. The number of amides is 1. The van der Waals surface area contributed by atoms with E-state index in [1.54, 1.807) is 0 Å². The summed E-state index contributed by atoms with van der Waals surface area (Å²) in [7, 11) is 0. The molecule has 144 valence electrons. The molecule has 5 heteroatoms. The number of carbonyl (C=O) groups is 2. The fourth-order valence-corrected chi connectivity index (χ4v) is 5.83. The van der Waals surface area contributed by atoms with Crippen LogP contribution in [0.5, 0.6) is 0 Å². The molecule has 2 heterocycles. The zero-order valence-electron chi connectivity index (χ0n) is 16.4. The van der Waals surface area contributed by atoms with Gasteiger partial charge in [0.1, 0.15) is 0 Å². The Morgan fingerprint density at radius 3 is 2.67 bits per heavy atom. The van der Waals surface area contributed by atoms with E-state index in [0.29, 0.717) is 24.7 Å². The number of carbonyl (C=O) groups excluding carboxylic acids is 2. The van der Waals surface area contributed by atoms with Crippen molar-refractivity contribution in [1.29, 1.82) is 0 Å². The van der Waals surface area contributed by atoms with Crippen LogP contribution in [0, 0.1) is 5.92 Å². The van der Waals surface area contributed by atoms with Crippen molar-refractivity contribution in [3.05, 3.63) is 35.5 Å². The third-order valence-corrected chi connectivity index (χ3v) is 7.08. The molecule has 1 aromatic heterocycles. The lowest BCUT2D eigenvalue weighted by Crippen LogP contribution is -2.52. The van der Waals surface area contributed by atoms with Crippen LogP contribution in [-0.2, 0) is 11.2 Å². The Bertz CT molecular complexity index is 888. The number of thioether (sulfide) groups is 1. The second-order valence-electron chi connectivity index (χ2n) is 7.85. The van der Waals surface area contributed by atoms with Crippen LogP contribution in [0.1, 0.15) is 54.9 Å². The summed E-state index contributed by atoms with van der Waals surface area (Å²) in [5.41, 5.74) is 3.59. The highest BCUT2D eigenvalue weighted by Gasteiger charge is 2.42. The molecule has 1 amide bonds. The highest BCUT2D eigenvalue weighted by molar-refractivity contribution is 7.98. The largest absolute Gasteiger partial charge is 0.338 e. The monoisotopic (exact) mass is 384 g/mol. The van der Waals surface area contributed by atoms with Crippen molar-refractivity contribution in [2.24, 2.45) is 5.92 Å². The number of benzene rings is 1. The molecule has 27 heavy (non-hydrogen) atoms. The molecular weight excluding hydrogens is 356 g/mol. The second kappa shape index (κ2) is 7.34. The van der Waals surface area contributed by atoms with Gasteiger partial charge in [-0.25, -0.2) is 0 Å². The number of rotatable bonds is 4. The van der Waals surface area contributed by atoms with Crippen molar-refractivity contribution in [2.75, 3.05) is 18.6 Å². The van der Waals surface area contributed by atoms with Crippen LogP contribution >= 0.6 is 11.8 Å². The van der Waals surface area contributed by atoms with E-state index in [1.165, 1.54) is 16.5 Å². The highest BCUT2D eigenvalue weighted by Crippen LogP contribution is 2.46. The molecule has 2 aliphatic rings. The van der Waals surface area contributed by atoms with Gasteiger partial charge in [-0.05, 0) is 48.0 Å². The molecule has 3 atom stereocenters. The molecule has 0 radical (unpaired) electrons. The van der Waals surface area contributed by atoms with Gasteiger partial charge in [0.15, 0.2) is 0 Å². The SMILES string of the molecule is CCC(=O)N1C[C@H](CSC)CC2c3cccc4c3c(cn4C(=O)CC)C[C@H]21. The smallest absolute Gasteiger partial charge is 0.230 e. The third kappa shape index (κ3) is 3.00. The van der Waals surface area contributed by atoms with E-state index in [4.69, 9.17) is 0 Å². The maximum atomic E-state index is 12.7. The molecule has 4 nitrogen and oxygen atoms in total. The molecule has 2 aromatic rings. The van der Waals surface area contributed by atoms with Crippen molar-refractivity contribution < 1.29 is 9.59 Å². The summed E-state index contributed by atoms with van der Waals surface area (Å²) in [5, 5.41) is 1.26. The fourth-order valence-electron chi connectivity index (χ4n) is 5.12. The molecule has 1 aliphatic carbocycles. The summed E-state index contributed by atoms with van der Waals surface area (Å²) in [4.78, 5) is 27.3. The normalized spacial score (nSPS) is 24.1. The van der Waals surface area contributed by atoms with Gasteiger partial charge >= 0.3 is 0 Å². The molecule has 0 saturated carbocycles. The molecule has 0 bridgehead atoms.